The molecule has 4 nitrogen and oxygen atoms in total. The Kier molecular flexibility index (Phi) is 3.53. The van der Waals surface area contributed by atoms with Crippen molar-refractivity contribution < 1.29 is 9.53 Å². The van der Waals surface area contributed by atoms with E-state index >= 15 is 0 Å². The van der Waals surface area contributed by atoms with E-state index in [-0.39, 0.29) is 10.3 Å². The number of hydrogen-bond donors (Lipinski definition) is 2. The van der Waals surface area contributed by atoms with E-state index in [9.17, 15) is 4.79 Å². The SMILES string of the molecule is COc1ccc(C(=O)SC(=N)N)cc1. The highest BCUT2D eigenvalue weighted by molar-refractivity contribution is 8.26. The molecule has 14 heavy (non-hydrogen) atoms. The van der Waals surface area contributed by atoms with Gasteiger partial charge >= 0.3 is 0 Å². The predicted octanol–water partition coefficient (Wildman–Crippen LogP) is 1.46. The van der Waals surface area contributed by atoms with E-state index in [0.717, 1.165) is 0 Å². The first kappa shape index (κ1) is 10.6. The van der Waals surface area contributed by atoms with Gasteiger partial charge in [-0.05, 0) is 36.0 Å². The number of nitrogens with two attached hydrogens (primary N) is 1. The molecule has 3 N–H and O–H groups in total. The lowest BCUT2D eigenvalue weighted by atomic mass is 10.2. The summed E-state index contributed by atoms with van der Waals surface area (Å²) in [6.07, 6.45) is 0. The van der Waals surface area contributed by atoms with Gasteiger partial charge in [-0.1, -0.05) is 0 Å². The van der Waals surface area contributed by atoms with Gasteiger partial charge in [0, 0.05) is 5.56 Å². The number of thioether (sulfide) groups is 1. The van der Waals surface area contributed by atoms with Crippen molar-refractivity contribution in [2.45, 2.75) is 0 Å². The fraction of sp³-hybridized carbons (Fsp3) is 0.111. The van der Waals surface area contributed by atoms with Crippen LogP contribution in [0, 0.1) is 5.41 Å². The van der Waals surface area contributed by atoms with Crippen molar-refractivity contribution in [2.24, 2.45) is 5.73 Å². The average molecular weight is 210 g/mol. The van der Waals surface area contributed by atoms with Crippen LogP contribution < -0.4 is 10.5 Å². The quantitative estimate of drug-likeness (QED) is 0.572. The predicted molar refractivity (Wildman–Crippen MR) is 56.8 cm³/mol. The molecule has 74 valence electrons. The Morgan fingerprint density at radius 1 is 1.43 bits per heavy atom. The van der Waals surface area contributed by atoms with Crippen molar-refractivity contribution in [1.29, 1.82) is 5.41 Å². The molecule has 0 bridgehead atoms. The maximum atomic E-state index is 11.4. The molecule has 0 heterocycles. The minimum Gasteiger partial charge on any atom is -0.497 e. The third-order valence-corrected chi connectivity index (χ3v) is 2.17. The Morgan fingerprint density at radius 2 is 2.00 bits per heavy atom. The van der Waals surface area contributed by atoms with Gasteiger partial charge in [-0.3, -0.25) is 10.2 Å². The van der Waals surface area contributed by atoms with Crippen molar-refractivity contribution in [1.82, 2.24) is 0 Å². The molecule has 0 aliphatic carbocycles. The molecule has 1 rings (SSSR count). The summed E-state index contributed by atoms with van der Waals surface area (Å²) in [6, 6.07) is 6.65. The van der Waals surface area contributed by atoms with Gasteiger partial charge in [0.05, 0.1) is 7.11 Å². The normalized spacial score (nSPS) is 9.50. The lowest BCUT2D eigenvalue weighted by Crippen LogP contribution is -2.08. The zero-order valence-electron chi connectivity index (χ0n) is 7.61. The number of hydrogen-bond acceptors (Lipinski definition) is 4. The third-order valence-electron chi connectivity index (χ3n) is 1.53. The van der Waals surface area contributed by atoms with Crippen LogP contribution >= 0.6 is 11.8 Å². The third kappa shape index (κ3) is 2.77. The van der Waals surface area contributed by atoms with Gasteiger partial charge in [-0.25, -0.2) is 0 Å². The molecular formula is C9H10N2O2S. The number of methoxy groups -OCH3 is 1. The molecule has 0 aliphatic rings. The van der Waals surface area contributed by atoms with Crippen LogP contribution in [0.3, 0.4) is 0 Å². The summed E-state index contributed by atoms with van der Waals surface area (Å²) in [7, 11) is 1.56. The second-order valence-corrected chi connectivity index (χ2v) is 3.50. The Balaban J connectivity index is 2.76. The molecule has 0 aromatic heterocycles. The largest absolute Gasteiger partial charge is 0.497 e. The summed E-state index contributed by atoms with van der Waals surface area (Å²) >= 11 is 0.702. The summed E-state index contributed by atoms with van der Waals surface area (Å²) < 4.78 is 4.94. The molecule has 1 aromatic rings. The summed E-state index contributed by atoms with van der Waals surface area (Å²) in [4.78, 5) is 11.4. The first-order valence-electron chi connectivity index (χ1n) is 3.83. The summed E-state index contributed by atoms with van der Waals surface area (Å²) in [5.41, 5.74) is 5.59. The highest BCUT2D eigenvalue weighted by atomic mass is 32.2. The second-order valence-electron chi connectivity index (χ2n) is 2.48. The highest BCUT2D eigenvalue weighted by Gasteiger charge is 2.07. The maximum Gasteiger partial charge on any atom is 0.226 e. The molecule has 5 heteroatoms. The number of ether oxygens (including phenoxy) is 1. The van der Waals surface area contributed by atoms with Gasteiger partial charge in [-0.15, -0.1) is 0 Å². The minimum absolute atomic E-state index is 0.203. The van der Waals surface area contributed by atoms with Crippen LogP contribution in [0.2, 0.25) is 0 Å². The first-order valence-corrected chi connectivity index (χ1v) is 4.65. The second kappa shape index (κ2) is 4.66. The molecule has 0 saturated carbocycles. The number of rotatable bonds is 2. The van der Waals surface area contributed by atoms with Crippen molar-refractivity contribution in [3.8, 4) is 5.75 Å². The fourth-order valence-corrected chi connectivity index (χ4v) is 1.34. The standard InChI is InChI=1S/C9H10N2O2S/c1-13-7-4-2-6(3-5-7)8(12)14-9(10)11/h2-5H,1H3,(H3,10,11). The molecule has 0 saturated heterocycles. The van der Waals surface area contributed by atoms with Crippen molar-refractivity contribution in [2.75, 3.05) is 7.11 Å². The Labute approximate surface area is 85.9 Å². The zero-order valence-corrected chi connectivity index (χ0v) is 8.43. The van der Waals surface area contributed by atoms with Gasteiger partial charge in [0.15, 0.2) is 5.17 Å². The molecular weight excluding hydrogens is 200 g/mol. The number of benzene rings is 1. The molecule has 0 atom stereocenters. The van der Waals surface area contributed by atoms with E-state index in [1.165, 1.54) is 0 Å². The van der Waals surface area contributed by atoms with Crippen LogP contribution in [0.15, 0.2) is 24.3 Å². The van der Waals surface area contributed by atoms with E-state index in [1.807, 2.05) is 0 Å². The Morgan fingerprint density at radius 3 is 2.43 bits per heavy atom. The van der Waals surface area contributed by atoms with Crippen LogP contribution in [-0.2, 0) is 0 Å². The average Bonchev–Trinajstić information content (AvgIpc) is 2.17. The molecule has 0 fully saturated rings. The van der Waals surface area contributed by atoms with Gasteiger partial charge < -0.3 is 10.5 Å². The monoisotopic (exact) mass is 210 g/mol. The Bertz CT molecular complexity index is 348. The Hall–Kier alpha value is -1.49. The molecule has 0 aliphatic heterocycles. The van der Waals surface area contributed by atoms with Crippen molar-refractivity contribution in [3.63, 3.8) is 0 Å². The van der Waals surface area contributed by atoms with Crippen LogP contribution in [0.1, 0.15) is 10.4 Å². The number of carbonyl (C=O) groups is 1. The van der Waals surface area contributed by atoms with Gasteiger partial charge in [0.2, 0.25) is 5.12 Å². The molecule has 0 spiro atoms. The number of amidine groups is 1. The molecule has 0 amide bonds. The van der Waals surface area contributed by atoms with Crippen LogP contribution in [0.5, 0.6) is 5.75 Å². The molecule has 1 aromatic carbocycles. The smallest absolute Gasteiger partial charge is 0.226 e. The van der Waals surface area contributed by atoms with Gasteiger partial charge in [0.25, 0.3) is 0 Å². The van der Waals surface area contributed by atoms with Crippen LogP contribution in [0.25, 0.3) is 0 Å². The lowest BCUT2D eigenvalue weighted by molar-refractivity contribution is 0.109. The zero-order chi connectivity index (χ0) is 10.6. The topological polar surface area (TPSA) is 76.2 Å². The van der Waals surface area contributed by atoms with Gasteiger partial charge in [-0.2, -0.15) is 0 Å². The van der Waals surface area contributed by atoms with E-state index in [4.69, 9.17) is 15.9 Å². The summed E-state index contributed by atoms with van der Waals surface area (Å²) in [6.45, 7) is 0. The van der Waals surface area contributed by atoms with Crippen molar-refractivity contribution in [3.05, 3.63) is 29.8 Å². The molecule has 0 radical (unpaired) electrons. The minimum atomic E-state index is -0.236. The van der Waals surface area contributed by atoms with E-state index in [1.54, 1.807) is 31.4 Å². The first-order chi connectivity index (χ1) is 6.63. The van der Waals surface area contributed by atoms with Crippen LogP contribution in [0.4, 0.5) is 0 Å². The molecule has 0 unspecified atom stereocenters. The maximum absolute atomic E-state index is 11.4. The number of carbonyl (C=O) groups excluding carboxylic acids is 1. The van der Waals surface area contributed by atoms with E-state index < -0.39 is 0 Å². The fourth-order valence-electron chi connectivity index (χ4n) is 0.886. The summed E-state index contributed by atoms with van der Waals surface area (Å²) in [5, 5.41) is 6.51. The lowest BCUT2D eigenvalue weighted by Gasteiger charge is -2.01. The highest BCUT2D eigenvalue weighted by Crippen LogP contribution is 2.16. The van der Waals surface area contributed by atoms with Crippen molar-refractivity contribution >= 4 is 22.0 Å². The number of nitrogens with one attached hydrogen (secondary N) is 1. The van der Waals surface area contributed by atoms with Crippen LogP contribution in [-0.4, -0.2) is 17.4 Å². The van der Waals surface area contributed by atoms with E-state index in [2.05, 4.69) is 0 Å². The summed E-state index contributed by atoms with van der Waals surface area (Å²) in [5.74, 6) is 0.689. The van der Waals surface area contributed by atoms with E-state index in [0.29, 0.717) is 23.1 Å². The van der Waals surface area contributed by atoms with Gasteiger partial charge in [0.1, 0.15) is 5.75 Å².